The van der Waals surface area contributed by atoms with Crippen LogP contribution in [-0.2, 0) is 11.3 Å². The lowest BCUT2D eigenvalue weighted by molar-refractivity contribution is -0.132. The van der Waals surface area contributed by atoms with E-state index in [4.69, 9.17) is 4.52 Å². The van der Waals surface area contributed by atoms with Gasteiger partial charge in [-0.3, -0.25) is 9.48 Å². The topological polar surface area (TPSA) is 89.9 Å². The second-order valence-corrected chi connectivity index (χ2v) is 7.33. The summed E-state index contributed by atoms with van der Waals surface area (Å²) in [5.74, 6) is -0.0455. The van der Waals surface area contributed by atoms with E-state index in [0.717, 1.165) is 12.8 Å². The number of hydrogen-bond donors (Lipinski definition) is 0. The molecule has 0 aromatic carbocycles. The summed E-state index contributed by atoms with van der Waals surface area (Å²) in [7, 11) is 0. The van der Waals surface area contributed by atoms with Gasteiger partial charge in [-0.2, -0.15) is 5.10 Å². The van der Waals surface area contributed by atoms with Crippen molar-refractivity contribution in [2.75, 3.05) is 13.1 Å². The third-order valence-corrected chi connectivity index (χ3v) is 5.34. The van der Waals surface area contributed by atoms with Gasteiger partial charge in [0.05, 0.1) is 11.1 Å². The van der Waals surface area contributed by atoms with Crippen molar-refractivity contribution in [3.8, 4) is 0 Å². The molecule has 1 saturated heterocycles. The number of aromatic nitrogens is 5. The van der Waals surface area contributed by atoms with Crippen molar-refractivity contribution in [1.82, 2.24) is 29.8 Å². The lowest BCUT2D eigenvalue weighted by atomic mass is 9.92. The summed E-state index contributed by atoms with van der Waals surface area (Å²) in [6.07, 6.45) is 3.11. The first-order valence-corrected chi connectivity index (χ1v) is 9.68. The third kappa shape index (κ3) is 4.10. The minimum Gasteiger partial charge on any atom is -0.342 e. The molecule has 0 bridgehead atoms. The Bertz CT molecular complexity index is 988. The number of fused-ring (bicyclic) bond motifs is 1. The highest BCUT2D eigenvalue weighted by Crippen LogP contribution is 2.34. The SMILES string of the molecule is Cc1noc2nc([C@@H]3CCCN(C(=O)CCCn4cncn4)C3)cc(C(F)F)c12. The number of hydrogen-bond acceptors (Lipinski definition) is 6. The van der Waals surface area contributed by atoms with Crippen LogP contribution in [0, 0.1) is 6.92 Å². The number of likely N-dealkylation sites (tertiary alicyclic amines) is 1. The molecule has 4 rings (SSSR count). The van der Waals surface area contributed by atoms with Gasteiger partial charge in [-0.15, -0.1) is 0 Å². The molecule has 3 aromatic heterocycles. The fourth-order valence-corrected chi connectivity index (χ4v) is 3.87. The summed E-state index contributed by atoms with van der Waals surface area (Å²) >= 11 is 0. The average Bonchev–Trinajstić information content (AvgIpc) is 3.37. The molecule has 1 atom stereocenters. The normalized spacial score (nSPS) is 17.4. The van der Waals surface area contributed by atoms with Crippen LogP contribution in [0.4, 0.5) is 8.78 Å². The molecule has 29 heavy (non-hydrogen) atoms. The van der Waals surface area contributed by atoms with Crippen LogP contribution in [0.25, 0.3) is 11.1 Å². The van der Waals surface area contributed by atoms with E-state index in [1.54, 1.807) is 22.8 Å². The molecule has 1 aliphatic rings. The fourth-order valence-electron chi connectivity index (χ4n) is 3.87. The van der Waals surface area contributed by atoms with Gasteiger partial charge in [-0.1, -0.05) is 5.16 Å². The number of amides is 1. The molecule has 1 amide bonds. The summed E-state index contributed by atoms with van der Waals surface area (Å²) in [4.78, 5) is 22.7. The number of piperidine rings is 1. The van der Waals surface area contributed by atoms with Crippen molar-refractivity contribution >= 4 is 17.0 Å². The van der Waals surface area contributed by atoms with E-state index in [2.05, 4.69) is 20.2 Å². The van der Waals surface area contributed by atoms with Gasteiger partial charge in [0, 0.05) is 43.2 Å². The second kappa shape index (κ2) is 8.22. The number of carbonyl (C=O) groups is 1. The average molecular weight is 404 g/mol. The highest BCUT2D eigenvalue weighted by Gasteiger charge is 2.28. The Morgan fingerprint density at radius 1 is 1.41 bits per heavy atom. The molecule has 0 unspecified atom stereocenters. The molecule has 3 aromatic rings. The van der Waals surface area contributed by atoms with E-state index in [0.29, 0.717) is 43.9 Å². The first kappa shape index (κ1) is 19.4. The van der Waals surface area contributed by atoms with Gasteiger partial charge >= 0.3 is 0 Å². The molecule has 0 aliphatic carbocycles. The Balaban J connectivity index is 1.46. The van der Waals surface area contributed by atoms with Crippen LogP contribution in [0.2, 0.25) is 0 Å². The van der Waals surface area contributed by atoms with Crippen LogP contribution in [0.15, 0.2) is 23.2 Å². The van der Waals surface area contributed by atoms with Crippen molar-refractivity contribution in [2.24, 2.45) is 0 Å². The minimum absolute atomic E-state index is 0.0560. The minimum atomic E-state index is -2.64. The van der Waals surface area contributed by atoms with Crippen LogP contribution < -0.4 is 0 Å². The Morgan fingerprint density at radius 3 is 3.03 bits per heavy atom. The first-order chi connectivity index (χ1) is 14.0. The van der Waals surface area contributed by atoms with Gasteiger partial charge in [0.15, 0.2) is 0 Å². The van der Waals surface area contributed by atoms with Gasteiger partial charge in [0.1, 0.15) is 12.7 Å². The largest absolute Gasteiger partial charge is 0.342 e. The molecule has 4 heterocycles. The van der Waals surface area contributed by atoms with Crippen LogP contribution in [-0.4, -0.2) is 48.8 Å². The Hall–Kier alpha value is -2.91. The number of rotatable bonds is 6. The standard InChI is InChI=1S/C19H22F2N6O2/c1-12-17-14(18(20)21)8-15(24-19(17)29-25-12)13-4-2-6-26(9-13)16(28)5-3-7-27-11-22-10-23-27/h8,10-11,13,18H,2-7,9H2,1H3/t13-/m1/s1. The van der Waals surface area contributed by atoms with Gasteiger partial charge in [-0.05, 0) is 32.3 Å². The van der Waals surface area contributed by atoms with Gasteiger partial charge < -0.3 is 9.42 Å². The molecule has 154 valence electrons. The lowest BCUT2D eigenvalue weighted by Gasteiger charge is -2.32. The molecule has 10 heteroatoms. The summed E-state index contributed by atoms with van der Waals surface area (Å²) in [5.41, 5.74) is 0.956. The zero-order valence-electron chi connectivity index (χ0n) is 16.1. The second-order valence-electron chi connectivity index (χ2n) is 7.33. The van der Waals surface area contributed by atoms with E-state index in [9.17, 15) is 13.6 Å². The van der Waals surface area contributed by atoms with Crippen LogP contribution in [0.3, 0.4) is 0 Å². The predicted molar refractivity (Wildman–Crippen MR) is 99.3 cm³/mol. The van der Waals surface area contributed by atoms with Crippen molar-refractivity contribution in [3.05, 3.63) is 35.7 Å². The maximum Gasteiger partial charge on any atom is 0.264 e. The number of alkyl halides is 2. The monoisotopic (exact) mass is 404 g/mol. The molecule has 0 radical (unpaired) electrons. The zero-order chi connectivity index (χ0) is 20.4. The molecule has 0 saturated carbocycles. The number of aryl methyl sites for hydroxylation is 2. The molecular formula is C19H22F2N6O2. The predicted octanol–water partition coefficient (Wildman–Crippen LogP) is 3.25. The molecule has 8 nitrogen and oxygen atoms in total. The van der Waals surface area contributed by atoms with Crippen molar-refractivity contribution in [1.29, 1.82) is 0 Å². The van der Waals surface area contributed by atoms with Gasteiger partial charge in [0.25, 0.3) is 12.1 Å². The van der Waals surface area contributed by atoms with Crippen molar-refractivity contribution in [2.45, 2.75) is 51.5 Å². The van der Waals surface area contributed by atoms with Crippen LogP contribution >= 0.6 is 0 Å². The number of halogens is 2. The van der Waals surface area contributed by atoms with E-state index in [1.807, 2.05) is 0 Å². The smallest absolute Gasteiger partial charge is 0.264 e. The van der Waals surface area contributed by atoms with Gasteiger partial charge in [0.2, 0.25) is 5.91 Å². The van der Waals surface area contributed by atoms with Crippen LogP contribution in [0.1, 0.15) is 55.0 Å². The molecular weight excluding hydrogens is 382 g/mol. The zero-order valence-corrected chi connectivity index (χ0v) is 16.1. The van der Waals surface area contributed by atoms with E-state index < -0.39 is 6.43 Å². The summed E-state index contributed by atoms with van der Waals surface area (Å²) in [6.45, 7) is 3.39. The fraction of sp³-hybridized carbons (Fsp3) is 0.526. The Labute approximate surface area is 165 Å². The number of carbonyl (C=O) groups excluding carboxylic acids is 1. The molecule has 0 N–H and O–H groups in total. The Kier molecular flexibility index (Phi) is 5.50. The number of pyridine rings is 1. The quantitative estimate of drug-likeness (QED) is 0.627. The van der Waals surface area contributed by atoms with Gasteiger partial charge in [-0.25, -0.2) is 18.7 Å². The summed E-state index contributed by atoms with van der Waals surface area (Å²) in [6, 6.07) is 1.44. The maximum absolute atomic E-state index is 13.6. The molecule has 1 fully saturated rings. The number of nitrogens with zero attached hydrogens (tertiary/aromatic N) is 6. The van der Waals surface area contributed by atoms with E-state index >= 15 is 0 Å². The highest BCUT2D eigenvalue weighted by atomic mass is 19.3. The van der Waals surface area contributed by atoms with Crippen molar-refractivity contribution in [3.63, 3.8) is 0 Å². The maximum atomic E-state index is 13.6. The third-order valence-electron chi connectivity index (χ3n) is 5.34. The summed E-state index contributed by atoms with van der Waals surface area (Å²) < 4.78 is 34.0. The van der Waals surface area contributed by atoms with E-state index in [1.165, 1.54) is 12.4 Å². The van der Waals surface area contributed by atoms with Crippen molar-refractivity contribution < 1.29 is 18.1 Å². The molecule has 1 aliphatic heterocycles. The molecule has 0 spiro atoms. The van der Waals surface area contributed by atoms with E-state index in [-0.39, 0.29) is 28.5 Å². The Morgan fingerprint density at radius 2 is 2.28 bits per heavy atom. The summed E-state index contributed by atoms with van der Waals surface area (Å²) in [5, 5.41) is 8.08. The highest BCUT2D eigenvalue weighted by molar-refractivity contribution is 5.80. The lowest BCUT2D eigenvalue weighted by Crippen LogP contribution is -2.39. The first-order valence-electron chi connectivity index (χ1n) is 9.68. The van der Waals surface area contributed by atoms with Crippen LogP contribution in [0.5, 0.6) is 0 Å².